The summed E-state index contributed by atoms with van der Waals surface area (Å²) < 4.78 is 21.8. The maximum Gasteiger partial charge on any atom is 0.407 e. The monoisotopic (exact) mass is 631 g/mol. The molecule has 4 rings (SSSR count). The molecule has 45 heavy (non-hydrogen) atoms. The summed E-state index contributed by atoms with van der Waals surface area (Å²) in [5.41, 5.74) is -0.939. The number of carbonyl (C=O) groups is 5. The first kappa shape index (κ1) is 34.2. The van der Waals surface area contributed by atoms with Gasteiger partial charge in [-0.15, -0.1) is 16.9 Å². The molecule has 4 aliphatic rings. The molecule has 0 aromatic rings. The van der Waals surface area contributed by atoms with Crippen LogP contribution in [0.4, 0.5) is 9.59 Å². The van der Waals surface area contributed by atoms with Crippen molar-refractivity contribution in [3.05, 3.63) is 12.2 Å². The number of ether oxygens (including phenoxy) is 4. The molecule has 1 aliphatic heterocycles. The normalized spacial score (nSPS) is 28.2. The van der Waals surface area contributed by atoms with Crippen LogP contribution in [0.2, 0.25) is 0 Å². The summed E-state index contributed by atoms with van der Waals surface area (Å²) >= 11 is 0. The zero-order valence-electron chi connectivity index (χ0n) is 26.0. The molecule has 5 atom stereocenters. The quantitative estimate of drug-likeness (QED) is 0.126. The van der Waals surface area contributed by atoms with Crippen LogP contribution < -0.4 is 10.6 Å². The van der Waals surface area contributed by atoms with Crippen molar-refractivity contribution >= 4 is 30.0 Å². The molecule has 2 N–H and O–H groups in total. The van der Waals surface area contributed by atoms with Gasteiger partial charge in [0.15, 0.2) is 0 Å². The van der Waals surface area contributed by atoms with E-state index in [2.05, 4.69) is 22.5 Å². The van der Waals surface area contributed by atoms with Crippen molar-refractivity contribution in [3.63, 3.8) is 0 Å². The second-order valence-corrected chi connectivity index (χ2v) is 12.1. The second-order valence-electron chi connectivity index (χ2n) is 12.1. The van der Waals surface area contributed by atoms with E-state index in [-0.39, 0.29) is 26.0 Å². The van der Waals surface area contributed by atoms with E-state index < -0.39 is 41.5 Å². The molecule has 248 valence electrons. The molecule has 4 amide bonds. The van der Waals surface area contributed by atoms with E-state index in [1.54, 1.807) is 13.0 Å². The predicted molar refractivity (Wildman–Crippen MR) is 159 cm³/mol. The average Bonchev–Trinajstić information content (AvgIpc) is 3.54. The van der Waals surface area contributed by atoms with Crippen molar-refractivity contribution < 1.29 is 47.8 Å². The molecule has 2 fully saturated rings. The Bertz CT molecular complexity index is 1130. The minimum absolute atomic E-state index is 0.0326. The molecule has 1 heterocycles. The van der Waals surface area contributed by atoms with Gasteiger partial charge in [-0.2, -0.15) is 0 Å². The van der Waals surface area contributed by atoms with E-state index in [1.807, 2.05) is 6.08 Å². The molecule has 13 heteroatoms. The molecule has 13 nitrogen and oxygen atoms in total. The number of hydroxylamine groups is 2. The standard InChI is InChI=1S/C32H45N3O10/c1-32(29(38)45-35-27(36)11-12-28(35)37)14-7-6-8-23(13-15-32)44-31(40)34-17-19-42-21-20-41-18-16-33-30(39)43-22-26-24-9-4-2-3-5-10-25(24)26/h6,8,23-26H,4-5,7,9-22H2,1H3,(H,33,39)(H,34,40)/b8-6-/t23-,24-,25+,26?,32+/m1/s1. The number of rotatable bonds is 14. The van der Waals surface area contributed by atoms with Crippen LogP contribution >= 0.6 is 0 Å². The third-order valence-corrected chi connectivity index (χ3v) is 8.77. The van der Waals surface area contributed by atoms with Crippen LogP contribution in [0.15, 0.2) is 12.2 Å². The zero-order chi connectivity index (χ0) is 32.1. The van der Waals surface area contributed by atoms with E-state index in [0.717, 1.165) is 25.7 Å². The highest BCUT2D eigenvalue weighted by atomic mass is 16.7. The Morgan fingerprint density at radius 2 is 1.51 bits per heavy atom. The topological polar surface area (TPSA) is 159 Å². The van der Waals surface area contributed by atoms with Gasteiger partial charge in [-0.05, 0) is 69.3 Å². The number of amides is 4. The van der Waals surface area contributed by atoms with Gasteiger partial charge in [-0.1, -0.05) is 6.08 Å². The van der Waals surface area contributed by atoms with Crippen molar-refractivity contribution in [1.29, 1.82) is 0 Å². The lowest BCUT2D eigenvalue weighted by Crippen LogP contribution is -2.40. The first-order valence-corrected chi connectivity index (χ1v) is 16.0. The molecule has 1 saturated carbocycles. The van der Waals surface area contributed by atoms with Crippen molar-refractivity contribution in [2.75, 3.05) is 46.1 Å². The molecular formula is C32H45N3O10. The number of carbonyl (C=O) groups excluding carboxylic acids is 5. The number of nitrogens with one attached hydrogen (secondary N) is 2. The molecule has 1 unspecified atom stereocenters. The SMILES string of the molecule is C[C@]1(C(=O)ON2C(=O)CCC2=O)CC/C=C\[C@@H](OC(=O)NCCOCCOCCNC(=O)OCC2[C@H]3CCC#CCC[C@@H]23)CC1. The summed E-state index contributed by atoms with van der Waals surface area (Å²) in [5, 5.41) is 5.89. The predicted octanol–water partition coefficient (Wildman–Crippen LogP) is 3.02. The number of hydrogen-bond donors (Lipinski definition) is 2. The lowest BCUT2D eigenvalue weighted by atomic mass is 9.79. The Kier molecular flexibility index (Phi) is 13.1. The van der Waals surface area contributed by atoms with Gasteiger partial charge in [-0.3, -0.25) is 9.59 Å². The Morgan fingerprint density at radius 3 is 2.16 bits per heavy atom. The lowest BCUT2D eigenvalue weighted by molar-refractivity contribution is -0.205. The Balaban J connectivity index is 0.982. The highest BCUT2D eigenvalue weighted by molar-refractivity contribution is 6.01. The third-order valence-electron chi connectivity index (χ3n) is 8.77. The molecule has 0 spiro atoms. The summed E-state index contributed by atoms with van der Waals surface area (Å²) in [6.45, 7) is 4.00. The van der Waals surface area contributed by atoms with Crippen molar-refractivity contribution in [2.45, 2.75) is 77.2 Å². The smallest absolute Gasteiger partial charge is 0.407 e. The largest absolute Gasteiger partial charge is 0.449 e. The fraction of sp³-hybridized carbons (Fsp3) is 0.719. The number of hydrogen-bond acceptors (Lipinski definition) is 10. The minimum Gasteiger partial charge on any atom is -0.449 e. The van der Waals surface area contributed by atoms with Crippen molar-refractivity contribution in [2.24, 2.45) is 23.2 Å². The van der Waals surface area contributed by atoms with Crippen molar-refractivity contribution in [3.8, 4) is 11.8 Å². The molecule has 1 saturated heterocycles. The number of alkyl carbamates (subject to hydrolysis) is 2. The lowest BCUT2D eigenvalue weighted by Gasteiger charge is -2.30. The van der Waals surface area contributed by atoms with E-state index in [1.165, 1.54) is 0 Å². The van der Waals surface area contributed by atoms with Gasteiger partial charge in [0.05, 0.1) is 38.4 Å². The van der Waals surface area contributed by atoms with E-state index >= 15 is 0 Å². The summed E-state index contributed by atoms with van der Waals surface area (Å²) in [4.78, 5) is 65.8. The van der Waals surface area contributed by atoms with Gasteiger partial charge in [0.1, 0.15) is 6.10 Å². The van der Waals surface area contributed by atoms with Crippen LogP contribution in [-0.4, -0.2) is 87.3 Å². The van der Waals surface area contributed by atoms with Crippen LogP contribution in [0, 0.1) is 35.0 Å². The molecule has 0 bridgehead atoms. The highest BCUT2D eigenvalue weighted by Gasteiger charge is 2.49. The van der Waals surface area contributed by atoms with Crippen LogP contribution in [0.5, 0.6) is 0 Å². The van der Waals surface area contributed by atoms with Gasteiger partial charge in [-0.25, -0.2) is 14.4 Å². The Morgan fingerprint density at radius 1 is 0.889 bits per heavy atom. The summed E-state index contributed by atoms with van der Waals surface area (Å²) in [6.07, 6.45) is 7.91. The maximum atomic E-state index is 12.8. The molecule has 0 radical (unpaired) electrons. The van der Waals surface area contributed by atoms with Gasteiger partial charge in [0.25, 0.3) is 11.8 Å². The third kappa shape index (κ3) is 10.7. The molecule has 0 aromatic heterocycles. The van der Waals surface area contributed by atoms with E-state index in [4.69, 9.17) is 23.8 Å². The Hall–Kier alpha value is -3.63. The van der Waals surface area contributed by atoms with Crippen LogP contribution in [0.25, 0.3) is 0 Å². The van der Waals surface area contributed by atoms with E-state index in [0.29, 0.717) is 81.5 Å². The minimum atomic E-state index is -0.939. The van der Waals surface area contributed by atoms with Gasteiger partial charge in [0.2, 0.25) is 0 Å². The zero-order valence-corrected chi connectivity index (χ0v) is 26.0. The number of imide groups is 1. The summed E-state index contributed by atoms with van der Waals surface area (Å²) in [5.74, 6) is 6.41. The molecule has 0 aromatic carbocycles. The first-order valence-electron chi connectivity index (χ1n) is 16.0. The average molecular weight is 632 g/mol. The van der Waals surface area contributed by atoms with Crippen molar-refractivity contribution in [1.82, 2.24) is 15.7 Å². The molecule has 3 aliphatic carbocycles. The fourth-order valence-electron chi connectivity index (χ4n) is 5.94. The second kappa shape index (κ2) is 17.2. The Labute approximate surface area is 264 Å². The van der Waals surface area contributed by atoms with Crippen LogP contribution in [-0.2, 0) is 38.2 Å². The van der Waals surface area contributed by atoms with Crippen LogP contribution in [0.1, 0.15) is 71.1 Å². The van der Waals surface area contributed by atoms with Gasteiger partial charge < -0.3 is 34.4 Å². The number of nitrogens with zero attached hydrogens (tertiary/aromatic N) is 1. The van der Waals surface area contributed by atoms with E-state index in [9.17, 15) is 24.0 Å². The highest BCUT2D eigenvalue weighted by Crippen LogP contribution is 2.52. The van der Waals surface area contributed by atoms with Gasteiger partial charge in [0, 0.05) is 38.8 Å². The number of fused-ring (bicyclic) bond motifs is 1. The number of allylic oxidation sites excluding steroid dienone is 1. The van der Waals surface area contributed by atoms with Crippen LogP contribution in [0.3, 0.4) is 0 Å². The maximum absolute atomic E-state index is 12.8. The summed E-state index contributed by atoms with van der Waals surface area (Å²) in [6, 6.07) is 0. The van der Waals surface area contributed by atoms with Gasteiger partial charge >= 0.3 is 18.2 Å². The first-order chi connectivity index (χ1) is 21.8. The summed E-state index contributed by atoms with van der Waals surface area (Å²) in [7, 11) is 0. The molecular weight excluding hydrogens is 586 g/mol. The fourth-order valence-corrected chi connectivity index (χ4v) is 5.94.